The summed E-state index contributed by atoms with van der Waals surface area (Å²) in [5, 5.41) is 12.7. The number of carbonyl (C=O) groups is 2. The SMILES string of the molecule is CCCCC/C=C\C/C=C\CCCCCCCCCC(=O)OCC(O)COP(=O)(O)OCCNC(=O)CCCCCCCCCCCCCCCCCCCC. The molecular weight excluding hydrogens is 725 g/mol. The molecule has 0 aromatic carbocycles. The lowest BCUT2D eigenvalue weighted by molar-refractivity contribution is -0.147. The first-order chi connectivity index (χ1) is 27.3. The Bertz CT molecular complexity index is 975. The predicted molar refractivity (Wildman–Crippen MR) is 234 cm³/mol. The minimum absolute atomic E-state index is 0.0845. The average Bonchev–Trinajstić information content (AvgIpc) is 3.18. The van der Waals surface area contributed by atoms with Crippen LogP contribution in [-0.2, 0) is 27.9 Å². The van der Waals surface area contributed by atoms with Gasteiger partial charge in [-0.1, -0.05) is 192 Å². The van der Waals surface area contributed by atoms with Crippen LogP contribution in [0.15, 0.2) is 24.3 Å². The van der Waals surface area contributed by atoms with Crippen LogP contribution in [0.5, 0.6) is 0 Å². The molecule has 1 amide bonds. The van der Waals surface area contributed by atoms with E-state index in [0.29, 0.717) is 6.42 Å². The molecule has 0 saturated heterocycles. The van der Waals surface area contributed by atoms with Crippen LogP contribution in [0.2, 0.25) is 0 Å². The summed E-state index contributed by atoms with van der Waals surface area (Å²) in [6.07, 6.45) is 46.8. The van der Waals surface area contributed by atoms with Gasteiger partial charge in [0.2, 0.25) is 5.91 Å². The molecule has 0 saturated carbocycles. The van der Waals surface area contributed by atoms with E-state index < -0.39 is 26.5 Å². The molecule has 0 spiro atoms. The fraction of sp³-hybridized carbons (Fsp3) is 0.870. The van der Waals surface area contributed by atoms with Crippen molar-refractivity contribution < 1.29 is 37.9 Å². The van der Waals surface area contributed by atoms with Crippen LogP contribution in [0.1, 0.15) is 226 Å². The molecule has 0 heterocycles. The van der Waals surface area contributed by atoms with Crippen LogP contribution in [0.4, 0.5) is 0 Å². The summed E-state index contributed by atoms with van der Waals surface area (Å²) in [5.74, 6) is -0.516. The van der Waals surface area contributed by atoms with E-state index in [-0.39, 0.29) is 32.1 Å². The summed E-state index contributed by atoms with van der Waals surface area (Å²) in [4.78, 5) is 34.0. The van der Waals surface area contributed by atoms with E-state index in [9.17, 15) is 24.2 Å². The minimum atomic E-state index is -4.42. The molecule has 0 aliphatic carbocycles. The van der Waals surface area contributed by atoms with Gasteiger partial charge < -0.3 is 20.1 Å². The van der Waals surface area contributed by atoms with Crippen LogP contribution < -0.4 is 5.32 Å². The van der Waals surface area contributed by atoms with Crippen LogP contribution in [0.3, 0.4) is 0 Å². The van der Waals surface area contributed by atoms with E-state index >= 15 is 0 Å². The summed E-state index contributed by atoms with van der Waals surface area (Å²) in [6.45, 7) is 3.55. The molecule has 0 fully saturated rings. The van der Waals surface area contributed by atoms with Gasteiger partial charge in [-0.25, -0.2) is 4.57 Å². The second-order valence-electron chi connectivity index (χ2n) is 15.7. The number of amides is 1. The zero-order valence-corrected chi connectivity index (χ0v) is 37.2. The molecule has 56 heavy (non-hydrogen) atoms. The lowest BCUT2D eigenvalue weighted by atomic mass is 10.0. The Morgan fingerprint density at radius 3 is 1.46 bits per heavy atom. The highest BCUT2D eigenvalue weighted by Gasteiger charge is 2.23. The number of hydrogen-bond donors (Lipinski definition) is 3. The maximum Gasteiger partial charge on any atom is 0.472 e. The van der Waals surface area contributed by atoms with Gasteiger partial charge in [-0.2, -0.15) is 0 Å². The van der Waals surface area contributed by atoms with Crippen LogP contribution >= 0.6 is 7.82 Å². The van der Waals surface area contributed by atoms with E-state index in [1.807, 2.05) is 0 Å². The van der Waals surface area contributed by atoms with E-state index in [4.69, 9.17) is 13.8 Å². The monoisotopic (exact) mass is 814 g/mol. The molecular formula is C46H88NO8P. The topological polar surface area (TPSA) is 131 Å². The fourth-order valence-electron chi connectivity index (χ4n) is 6.59. The van der Waals surface area contributed by atoms with Crippen LogP contribution in [0.25, 0.3) is 0 Å². The van der Waals surface area contributed by atoms with Gasteiger partial charge in [0.1, 0.15) is 12.7 Å². The zero-order valence-electron chi connectivity index (χ0n) is 36.3. The van der Waals surface area contributed by atoms with Crippen molar-refractivity contribution in [1.29, 1.82) is 0 Å². The number of aliphatic hydroxyl groups is 1. The summed E-state index contributed by atoms with van der Waals surface area (Å²) >= 11 is 0. The molecule has 0 aromatic rings. The third kappa shape index (κ3) is 43.6. The molecule has 3 N–H and O–H groups in total. The van der Waals surface area contributed by atoms with Crippen molar-refractivity contribution in [2.24, 2.45) is 0 Å². The van der Waals surface area contributed by atoms with Crippen molar-refractivity contribution >= 4 is 19.7 Å². The standard InChI is InChI=1S/C46H88NO8P/c1-3-5-7-9-11-13-15-17-19-21-23-24-26-28-30-32-34-36-38-45(49)47-40-41-54-56(51,52)55-43-44(48)42-53-46(50)39-37-35-33-31-29-27-25-22-20-18-16-14-12-10-8-6-4-2/h12,14,18,20,44,48H,3-11,13,15-17,19,21-43H2,1-2H3,(H,47,49)(H,51,52)/b14-12-,20-18-. The Balaban J connectivity index is 3.56. The van der Waals surface area contributed by atoms with Crippen molar-refractivity contribution in [2.45, 2.75) is 232 Å². The van der Waals surface area contributed by atoms with Gasteiger partial charge in [-0.15, -0.1) is 0 Å². The number of aliphatic hydroxyl groups excluding tert-OH is 1. The molecule has 10 heteroatoms. The van der Waals surface area contributed by atoms with Crippen molar-refractivity contribution in [3.05, 3.63) is 24.3 Å². The van der Waals surface area contributed by atoms with Crippen LogP contribution in [0, 0.1) is 0 Å². The average molecular weight is 814 g/mol. The Labute approximate surface area is 344 Å². The number of unbranched alkanes of at least 4 members (excludes halogenated alkanes) is 27. The first kappa shape index (κ1) is 54.5. The maximum absolute atomic E-state index is 12.1. The van der Waals surface area contributed by atoms with Gasteiger partial charge in [0.05, 0.1) is 13.2 Å². The predicted octanol–water partition coefficient (Wildman–Crippen LogP) is 13.2. The van der Waals surface area contributed by atoms with Gasteiger partial charge in [0, 0.05) is 19.4 Å². The molecule has 0 aromatic heterocycles. The summed E-state index contributed by atoms with van der Waals surface area (Å²) in [7, 11) is -4.42. The summed E-state index contributed by atoms with van der Waals surface area (Å²) in [5.41, 5.74) is 0. The molecule has 0 rings (SSSR count). The lowest BCUT2D eigenvalue weighted by Crippen LogP contribution is -2.27. The molecule has 2 unspecified atom stereocenters. The third-order valence-corrected chi connectivity index (χ3v) is 11.1. The number of carbonyl (C=O) groups excluding carboxylic acids is 2. The Hall–Kier alpha value is -1.51. The smallest absolute Gasteiger partial charge is 0.463 e. The van der Waals surface area contributed by atoms with Crippen LogP contribution in [-0.4, -0.2) is 54.3 Å². The van der Waals surface area contributed by atoms with Crippen molar-refractivity contribution in [3.8, 4) is 0 Å². The second kappa shape index (κ2) is 43.1. The Morgan fingerprint density at radius 2 is 0.964 bits per heavy atom. The fourth-order valence-corrected chi connectivity index (χ4v) is 7.35. The third-order valence-electron chi connectivity index (χ3n) is 10.1. The van der Waals surface area contributed by atoms with Gasteiger partial charge >= 0.3 is 13.8 Å². The number of nitrogens with one attached hydrogen (secondary N) is 1. The Morgan fingerprint density at radius 1 is 0.554 bits per heavy atom. The molecule has 9 nitrogen and oxygen atoms in total. The summed E-state index contributed by atoms with van der Waals surface area (Å²) < 4.78 is 26.9. The molecule has 0 aliphatic rings. The van der Waals surface area contributed by atoms with Crippen molar-refractivity contribution in [2.75, 3.05) is 26.4 Å². The minimum Gasteiger partial charge on any atom is -0.463 e. The second-order valence-corrected chi connectivity index (χ2v) is 17.2. The van der Waals surface area contributed by atoms with Gasteiger partial charge in [0.25, 0.3) is 0 Å². The number of esters is 1. The van der Waals surface area contributed by atoms with Crippen molar-refractivity contribution in [1.82, 2.24) is 5.32 Å². The van der Waals surface area contributed by atoms with E-state index in [0.717, 1.165) is 57.8 Å². The highest BCUT2D eigenvalue weighted by molar-refractivity contribution is 7.47. The molecule has 330 valence electrons. The molecule has 0 radical (unpaired) electrons. The maximum atomic E-state index is 12.1. The number of phosphoric acid groups is 1. The van der Waals surface area contributed by atoms with E-state index in [1.54, 1.807) is 0 Å². The highest BCUT2D eigenvalue weighted by Crippen LogP contribution is 2.42. The number of allylic oxidation sites excluding steroid dienone is 4. The Kier molecular flexibility index (Phi) is 41.9. The normalized spacial score (nSPS) is 13.4. The highest BCUT2D eigenvalue weighted by atomic mass is 31.2. The van der Waals surface area contributed by atoms with Gasteiger partial charge in [-0.05, 0) is 44.9 Å². The first-order valence-electron chi connectivity index (χ1n) is 23.3. The van der Waals surface area contributed by atoms with Gasteiger partial charge in [0.15, 0.2) is 0 Å². The quantitative estimate of drug-likeness (QED) is 0.0240. The number of ether oxygens (including phenoxy) is 1. The summed E-state index contributed by atoms with van der Waals surface area (Å²) in [6, 6.07) is 0. The first-order valence-corrected chi connectivity index (χ1v) is 24.8. The van der Waals surface area contributed by atoms with E-state index in [1.165, 1.54) is 141 Å². The number of phosphoric ester groups is 1. The molecule has 0 aliphatic heterocycles. The number of rotatable bonds is 44. The van der Waals surface area contributed by atoms with E-state index in [2.05, 4.69) is 43.5 Å². The molecule has 0 bridgehead atoms. The largest absolute Gasteiger partial charge is 0.472 e. The number of hydrogen-bond acceptors (Lipinski definition) is 7. The zero-order chi connectivity index (χ0) is 41.1. The lowest BCUT2D eigenvalue weighted by Gasteiger charge is -2.15. The molecule has 2 atom stereocenters. The van der Waals surface area contributed by atoms with Gasteiger partial charge in [-0.3, -0.25) is 18.6 Å². The van der Waals surface area contributed by atoms with Crippen molar-refractivity contribution in [3.63, 3.8) is 0 Å².